The summed E-state index contributed by atoms with van der Waals surface area (Å²) in [5, 5.41) is 3.24. The molecule has 2 N–H and O–H groups in total. The molecule has 0 amide bonds. The van der Waals surface area contributed by atoms with E-state index in [-0.39, 0.29) is 11.3 Å². The van der Waals surface area contributed by atoms with Gasteiger partial charge in [0, 0.05) is 17.8 Å². The van der Waals surface area contributed by atoms with Crippen molar-refractivity contribution in [2.45, 2.75) is 62.5 Å². The number of hydrogen-bond acceptors (Lipinski definition) is 4. The topological polar surface area (TPSA) is 58.2 Å². The number of thioether (sulfide) groups is 1. The van der Waals surface area contributed by atoms with Crippen molar-refractivity contribution in [1.29, 1.82) is 0 Å². The van der Waals surface area contributed by atoms with Crippen LogP contribution in [0.1, 0.15) is 46.0 Å². The molecule has 1 rings (SSSR count). The number of sulfonamides is 1. The average Bonchev–Trinajstić information content (AvgIpc) is 2.39. The van der Waals surface area contributed by atoms with Crippen molar-refractivity contribution in [2.24, 2.45) is 0 Å². The monoisotopic (exact) mass is 308 g/mol. The number of rotatable bonds is 8. The lowest BCUT2D eigenvalue weighted by Gasteiger charge is -2.31. The van der Waals surface area contributed by atoms with Gasteiger partial charge in [-0.1, -0.05) is 19.8 Å². The Hall–Kier alpha value is 0.220. The Balaban J connectivity index is 2.52. The molecular weight excluding hydrogens is 280 g/mol. The summed E-state index contributed by atoms with van der Waals surface area (Å²) in [5.74, 6) is 0. The molecule has 6 heteroatoms. The van der Waals surface area contributed by atoms with Crippen molar-refractivity contribution < 1.29 is 8.42 Å². The first-order chi connectivity index (χ1) is 9.01. The molecule has 19 heavy (non-hydrogen) atoms. The van der Waals surface area contributed by atoms with Gasteiger partial charge in [-0.15, -0.1) is 0 Å². The van der Waals surface area contributed by atoms with Crippen molar-refractivity contribution in [3.05, 3.63) is 0 Å². The Bertz CT molecular complexity index is 347. The second-order valence-electron chi connectivity index (χ2n) is 5.34. The van der Waals surface area contributed by atoms with E-state index in [9.17, 15) is 8.42 Å². The highest BCUT2D eigenvalue weighted by Crippen LogP contribution is 2.27. The van der Waals surface area contributed by atoms with Crippen LogP contribution in [0.4, 0.5) is 0 Å². The molecule has 4 nitrogen and oxygen atoms in total. The molecule has 1 fully saturated rings. The molecule has 3 atom stereocenters. The smallest absolute Gasteiger partial charge is 0.215 e. The van der Waals surface area contributed by atoms with E-state index in [1.165, 1.54) is 6.42 Å². The highest BCUT2D eigenvalue weighted by Gasteiger charge is 2.30. The van der Waals surface area contributed by atoms with Crippen LogP contribution in [0, 0.1) is 0 Å². The maximum absolute atomic E-state index is 12.3. The second kappa shape index (κ2) is 8.49. The molecule has 1 saturated carbocycles. The van der Waals surface area contributed by atoms with Crippen LogP contribution in [-0.2, 0) is 10.0 Å². The van der Waals surface area contributed by atoms with E-state index in [0.717, 1.165) is 32.2 Å². The van der Waals surface area contributed by atoms with Gasteiger partial charge in [-0.25, -0.2) is 13.1 Å². The quantitative estimate of drug-likeness (QED) is 0.673. The van der Waals surface area contributed by atoms with Crippen molar-refractivity contribution >= 4 is 21.8 Å². The van der Waals surface area contributed by atoms with Gasteiger partial charge in [0.1, 0.15) is 0 Å². The minimum atomic E-state index is -3.21. The fourth-order valence-electron chi connectivity index (χ4n) is 2.43. The first-order valence-corrected chi connectivity index (χ1v) is 10.1. The van der Waals surface area contributed by atoms with Crippen LogP contribution in [-0.4, -0.2) is 44.3 Å². The zero-order valence-electron chi connectivity index (χ0n) is 12.3. The van der Waals surface area contributed by atoms with Gasteiger partial charge in [0.15, 0.2) is 0 Å². The van der Waals surface area contributed by atoms with Gasteiger partial charge in [0.2, 0.25) is 10.0 Å². The van der Waals surface area contributed by atoms with E-state index < -0.39 is 10.0 Å². The van der Waals surface area contributed by atoms with Gasteiger partial charge in [-0.3, -0.25) is 0 Å². The van der Waals surface area contributed by atoms with Crippen LogP contribution >= 0.6 is 11.8 Å². The summed E-state index contributed by atoms with van der Waals surface area (Å²) in [4.78, 5) is 0. The predicted molar refractivity (Wildman–Crippen MR) is 84.2 cm³/mol. The first-order valence-electron chi connectivity index (χ1n) is 7.26. The summed E-state index contributed by atoms with van der Waals surface area (Å²) in [5.41, 5.74) is 0. The molecule has 3 unspecified atom stereocenters. The van der Waals surface area contributed by atoms with Gasteiger partial charge in [0.25, 0.3) is 0 Å². The SMILES string of the molecule is CCCNCC(C)S(=O)(=O)NC1CCCCC1SC. The minimum absolute atomic E-state index is 0.113. The van der Waals surface area contributed by atoms with Crippen molar-refractivity contribution in [2.75, 3.05) is 19.3 Å². The Morgan fingerprint density at radius 1 is 1.32 bits per heavy atom. The van der Waals surface area contributed by atoms with E-state index in [4.69, 9.17) is 0 Å². The molecular formula is C13H28N2O2S2. The number of nitrogens with one attached hydrogen (secondary N) is 2. The van der Waals surface area contributed by atoms with Crippen LogP contribution < -0.4 is 10.0 Å². The predicted octanol–water partition coefficient (Wildman–Crippen LogP) is 1.97. The summed E-state index contributed by atoms with van der Waals surface area (Å²) in [6.45, 7) is 5.26. The van der Waals surface area contributed by atoms with Crippen molar-refractivity contribution in [1.82, 2.24) is 10.0 Å². The van der Waals surface area contributed by atoms with Crippen LogP contribution in [0.25, 0.3) is 0 Å². The third-order valence-electron chi connectivity index (χ3n) is 3.71. The molecule has 0 radical (unpaired) electrons. The van der Waals surface area contributed by atoms with Crippen LogP contribution in [0.15, 0.2) is 0 Å². The summed E-state index contributed by atoms with van der Waals surface area (Å²) >= 11 is 1.79. The van der Waals surface area contributed by atoms with Gasteiger partial charge in [-0.2, -0.15) is 11.8 Å². The van der Waals surface area contributed by atoms with Gasteiger partial charge < -0.3 is 5.32 Å². The summed E-state index contributed by atoms with van der Waals surface area (Å²) in [6, 6.07) is 0.113. The standard InChI is InChI=1S/C13H28N2O2S2/c1-4-9-14-10-11(2)19(16,17)15-12-7-5-6-8-13(12)18-3/h11-15H,4-10H2,1-3H3. The van der Waals surface area contributed by atoms with E-state index in [1.54, 1.807) is 18.7 Å². The van der Waals surface area contributed by atoms with E-state index in [2.05, 4.69) is 23.2 Å². The molecule has 1 aliphatic rings. The lowest BCUT2D eigenvalue weighted by atomic mass is 9.96. The summed E-state index contributed by atoms with van der Waals surface area (Å²) in [7, 11) is -3.21. The molecule has 0 heterocycles. The fraction of sp³-hybridized carbons (Fsp3) is 1.00. The zero-order valence-corrected chi connectivity index (χ0v) is 13.9. The summed E-state index contributed by atoms with van der Waals surface area (Å²) in [6.07, 6.45) is 7.54. The Labute approximate surface area is 122 Å². The van der Waals surface area contributed by atoms with Crippen molar-refractivity contribution in [3.63, 3.8) is 0 Å². The van der Waals surface area contributed by atoms with Crippen molar-refractivity contribution in [3.8, 4) is 0 Å². The van der Waals surface area contributed by atoms with Crippen LogP contribution in [0.3, 0.4) is 0 Å². The molecule has 1 aliphatic carbocycles. The van der Waals surface area contributed by atoms with Gasteiger partial charge in [0.05, 0.1) is 5.25 Å². The first kappa shape index (κ1) is 17.3. The maximum Gasteiger partial charge on any atom is 0.215 e. The Morgan fingerprint density at radius 3 is 2.63 bits per heavy atom. The maximum atomic E-state index is 12.3. The Kier molecular flexibility index (Phi) is 7.72. The van der Waals surface area contributed by atoms with Crippen LogP contribution in [0.2, 0.25) is 0 Å². The lowest BCUT2D eigenvalue weighted by molar-refractivity contribution is 0.421. The van der Waals surface area contributed by atoms with Gasteiger partial charge >= 0.3 is 0 Å². The molecule has 0 aliphatic heterocycles. The minimum Gasteiger partial charge on any atom is -0.315 e. The molecule has 0 aromatic heterocycles. The molecule has 0 aromatic rings. The molecule has 0 aromatic carbocycles. The second-order valence-corrected chi connectivity index (χ2v) is 8.55. The molecule has 0 spiro atoms. The Morgan fingerprint density at radius 2 is 2.00 bits per heavy atom. The van der Waals surface area contributed by atoms with E-state index in [0.29, 0.717) is 11.8 Å². The largest absolute Gasteiger partial charge is 0.315 e. The highest BCUT2D eigenvalue weighted by molar-refractivity contribution is 7.99. The molecule has 114 valence electrons. The number of hydrogen-bond donors (Lipinski definition) is 2. The fourth-order valence-corrected chi connectivity index (χ4v) is 4.73. The van der Waals surface area contributed by atoms with Crippen LogP contribution in [0.5, 0.6) is 0 Å². The average molecular weight is 309 g/mol. The van der Waals surface area contributed by atoms with E-state index >= 15 is 0 Å². The normalized spacial score (nSPS) is 26.3. The lowest BCUT2D eigenvalue weighted by Crippen LogP contribution is -2.48. The third kappa shape index (κ3) is 5.61. The van der Waals surface area contributed by atoms with E-state index in [1.807, 2.05) is 0 Å². The molecule has 0 bridgehead atoms. The third-order valence-corrected chi connectivity index (χ3v) is 6.74. The summed E-state index contributed by atoms with van der Waals surface area (Å²) < 4.78 is 27.5. The highest BCUT2D eigenvalue weighted by atomic mass is 32.2. The molecule has 0 saturated heterocycles. The van der Waals surface area contributed by atoms with Gasteiger partial charge in [-0.05, 0) is 39.0 Å². The zero-order chi connectivity index (χ0) is 14.3.